The van der Waals surface area contributed by atoms with E-state index in [2.05, 4.69) is 55.1 Å². The first-order chi connectivity index (χ1) is 57.1. The summed E-state index contributed by atoms with van der Waals surface area (Å²) in [6, 6.07) is 49.4. The molecule has 9 aromatic heterocycles. The maximum Gasteiger partial charge on any atom is 0.340 e. The number of amides is 1. The average molecular weight is 1610 g/mol. The van der Waals surface area contributed by atoms with Gasteiger partial charge in [0.2, 0.25) is 28.2 Å². The van der Waals surface area contributed by atoms with Gasteiger partial charge in [0.05, 0.1) is 97.9 Å². The number of pyridine rings is 3. The molecule has 118 heavy (non-hydrogen) atoms. The van der Waals surface area contributed by atoms with Crippen LogP contribution in [0.15, 0.2) is 224 Å². The lowest BCUT2D eigenvalue weighted by atomic mass is 10.0. The van der Waals surface area contributed by atoms with E-state index in [-0.39, 0.29) is 61.7 Å². The number of nitrogens with one attached hydrogen (secondary N) is 3. The zero-order chi connectivity index (χ0) is 83.1. The minimum atomic E-state index is -4.37. The highest BCUT2D eigenvalue weighted by Crippen LogP contribution is 2.47. The highest BCUT2D eigenvalue weighted by Gasteiger charge is 2.34. The monoisotopic (exact) mass is 1610 g/mol. The van der Waals surface area contributed by atoms with E-state index in [1.807, 2.05) is 128 Å². The zero-order valence-corrected chi connectivity index (χ0v) is 66.0. The van der Waals surface area contributed by atoms with Gasteiger partial charge in [-0.2, -0.15) is 15.3 Å². The molecule has 1 amide bonds. The first kappa shape index (κ1) is 79.5. The first-order valence-electron chi connectivity index (χ1n) is 36.8. The molecule has 0 atom stereocenters. The number of carbonyl (C=O) groups excluding carboxylic acids is 5. The number of nitrogens with zero attached hydrogens (tertiary/aromatic N) is 14. The number of benzene rings is 6. The van der Waals surface area contributed by atoms with Crippen LogP contribution in [0.25, 0.3) is 114 Å². The normalized spacial score (nSPS) is 12.1. The third kappa shape index (κ3) is 16.5. The van der Waals surface area contributed by atoms with Gasteiger partial charge in [0, 0.05) is 144 Å². The van der Waals surface area contributed by atoms with Crippen molar-refractivity contribution in [1.29, 1.82) is 0 Å². The van der Waals surface area contributed by atoms with Gasteiger partial charge in [-0.25, -0.2) is 56.3 Å². The Balaban J connectivity index is 0.000000147. The van der Waals surface area contributed by atoms with Crippen LogP contribution < -0.4 is 16.0 Å². The number of aromatic nitrogens is 12. The molecule has 15 aromatic rings. The van der Waals surface area contributed by atoms with E-state index in [0.717, 1.165) is 59.1 Å². The van der Waals surface area contributed by atoms with Crippen LogP contribution in [0.5, 0.6) is 0 Å². The molecule has 0 spiro atoms. The number of rotatable bonds is 19. The van der Waals surface area contributed by atoms with Crippen molar-refractivity contribution in [3.05, 3.63) is 282 Å². The summed E-state index contributed by atoms with van der Waals surface area (Å²) in [4.78, 5) is 93.3. The maximum absolute atomic E-state index is 15.0. The highest BCUT2D eigenvalue weighted by atomic mass is 35.5. The number of anilines is 3. The molecule has 588 valence electrons. The van der Waals surface area contributed by atoms with Crippen molar-refractivity contribution in [2.45, 2.75) is 43.7 Å². The van der Waals surface area contributed by atoms with Crippen molar-refractivity contribution >= 4 is 118 Å². The van der Waals surface area contributed by atoms with E-state index in [4.69, 9.17) is 56.2 Å². The molecule has 0 radical (unpaired) electrons. The van der Waals surface area contributed by atoms with Crippen molar-refractivity contribution in [3.8, 4) is 67.2 Å². The molecule has 2 aliphatic rings. The largest absolute Gasteiger partial charge is 0.465 e. The number of nitrogens with two attached hydrogens (primary N) is 1. The van der Waals surface area contributed by atoms with Crippen LogP contribution in [0.1, 0.15) is 67.9 Å². The van der Waals surface area contributed by atoms with Crippen molar-refractivity contribution in [3.63, 3.8) is 0 Å². The molecule has 5 N–H and O–H groups in total. The van der Waals surface area contributed by atoms with Crippen LogP contribution in [-0.2, 0) is 68.1 Å². The SMILES string of the molecule is O=C(Cl)C1CC1.[C-]#[N+]c1c(-c2cnn(C)c2)cccc1-c1cc2c(C(=O)OC)cnc(N(Cc3ccccc3)Cc3ccccc3)c2n1S(=O)(=O)c1ccccc1.[C-]#[N+]c1c(-c2cnn(C)c2)cccc1-c1cc2c(C(=O)OC)cnc(N)c2[nH]1.[C-]#[N+]c1c(-c2cnn(C)c2)cccc1-c1cc2c(C(=O)OC)cnc(NC(=O)C3CC3)c2[nH]1. The lowest BCUT2D eigenvalue weighted by Gasteiger charge is -2.26. The number of ether oxygens (including phenoxy) is 3. The van der Waals surface area contributed by atoms with E-state index in [1.165, 1.54) is 56.0 Å². The van der Waals surface area contributed by atoms with Gasteiger partial charge in [0.15, 0.2) is 11.6 Å². The number of carbonyl (C=O) groups is 5. The molecule has 9 heterocycles. The number of nitrogen functional groups attached to an aromatic ring is 1. The number of halogens is 1. The number of aryl methyl sites for hydroxylation is 3. The third-order valence-electron chi connectivity index (χ3n) is 19.8. The fourth-order valence-electron chi connectivity index (χ4n) is 13.7. The molecule has 2 aliphatic carbocycles. The Bertz CT molecular complexity index is 6620. The van der Waals surface area contributed by atoms with Gasteiger partial charge in [-0.05, 0) is 95.4 Å². The van der Waals surface area contributed by atoms with Crippen molar-refractivity contribution in [2.75, 3.05) is 37.3 Å². The second kappa shape index (κ2) is 34.3. The summed E-state index contributed by atoms with van der Waals surface area (Å²) in [5, 5.41) is 16.9. The number of H-pyrrole nitrogens is 2. The number of esters is 3. The van der Waals surface area contributed by atoms with Gasteiger partial charge in [-0.3, -0.25) is 23.6 Å². The lowest BCUT2D eigenvalue weighted by molar-refractivity contribution is -0.117. The Morgan fingerprint density at radius 1 is 0.517 bits per heavy atom. The quantitative estimate of drug-likeness (QED) is 0.0253. The number of fused-ring (bicyclic) bond motifs is 3. The summed E-state index contributed by atoms with van der Waals surface area (Å²) in [6.07, 6.45) is 18.6. The molecule has 2 saturated carbocycles. The summed E-state index contributed by atoms with van der Waals surface area (Å²) in [7, 11) is 4.95. The number of para-hydroxylation sites is 3. The van der Waals surface area contributed by atoms with E-state index in [0.29, 0.717) is 108 Å². The predicted molar refractivity (Wildman–Crippen MR) is 449 cm³/mol. The van der Waals surface area contributed by atoms with Gasteiger partial charge in [-0.15, -0.1) is 0 Å². The van der Waals surface area contributed by atoms with Crippen LogP contribution in [0.2, 0.25) is 0 Å². The van der Waals surface area contributed by atoms with Gasteiger partial charge < -0.3 is 40.1 Å². The number of aromatic amines is 2. The summed E-state index contributed by atoms with van der Waals surface area (Å²) >= 11 is 5.04. The minimum Gasteiger partial charge on any atom is -0.465 e. The Morgan fingerprint density at radius 2 is 0.924 bits per heavy atom. The van der Waals surface area contributed by atoms with Gasteiger partial charge >= 0.3 is 17.9 Å². The Morgan fingerprint density at radius 3 is 1.35 bits per heavy atom. The first-order valence-corrected chi connectivity index (χ1v) is 38.7. The second-order valence-corrected chi connectivity index (χ2v) is 29.8. The molecule has 17 rings (SSSR count). The topological polar surface area (TPSA) is 330 Å². The molecular formula is C88H73ClN18O10S. The molecule has 2 fully saturated rings. The molecule has 28 nitrogen and oxygen atoms in total. The van der Waals surface area contributed by atoms with E-state index < -0.39 is 27.9 Å². The molecule has 0 saturated heterocycles. The summed E-state index contributed by atoms with van der Waals surface area (Å²) in [5.74, 6) is -0.629. The van der Waals surface area contributed by atoms with Crippen LogP contribution in [0.4, 0.5) is 34.5 Å². The summed E-state index contributed by atoms with van der Waals surface area (Å²) in [5.41, 5.74) is 18.7. The summed E-state index contributed by atoms with van der Waals surface area (Å²) < 4.78 is 51.2. The Labute approximate surface area is 681 Å². The van der Waals surface area contributed by atoms with E-state index in [1.54, 1.807) is 100 Å². The third-order valence-corrected chi connectivity index (χ3v) is 21.8. The molecular weight excluding hydrogens is 1540 g/mol. The molecule has 0 bridgehead atoms. The van der Waals surface area contributed by atoms with Crippen molar-refractivity contribution in [1.82, 2.24) is 58.2 Å². The highest BCUT2D eigenvalue weighted by molar-refractivity contribution is 7.90. The Kier molecular flexibility index (Phi) is 23.1. The number of hydrogen-bond acceptors (Lipinski definition) is 18. The molecule has 6 aromatic carbocycles. The Hall–Kier alpha value is -15.1. The lowest BCUT2D eigenvalue weighted by Crippen LogP contribution is -2.25. The second-order valence-electron chi connectivity index (χ2n) is 27.7. The fourth-order valence-corrected chi connectivity index (χ4v) is 15.5. The van der Waals surface area contributed by atoms with Gasteiger partial charge in [0.25, 0.3) is 10.0 Å². The fraction of sp³-hybridized carbons (Fsp3) is 0.159. The molecule has 0 aliphatic heterocycles. The average Bonchev–Trinajstić information content (AvgIpc) is 1.56. The smallest absolute Gasteiger partial charge is 0.340 e. The molecule has 30 heteroatoms. The standard InChI is InChI=1S/C40H32N6O4S.C24H20N6O3.C20H16N6O2.C4H5ClO/c1-41-37-32(30-23-43-44(2)27-30)20-13-21-33(37)36-22-34-35(40(47)50-3)24-42-39(38(34)46(36)51(48,49)31-18-11-6-12-19-31)45(25-28-14-7-4-8-15-28)26-29-16-9-5-10-17-29;1-25-20-15(14-10-27-30(2)12-14)5-4-6-16(20)19-9-17-18(24(32)33-3)11-26-22(21(17)28-19)29-23(31)13-7-8-13;1-22-17-12(11-8-24-26(2)10-11)5-4-6-13(17)16-7-14-15(20(27)28-3)9-23-19(21)18(14)25-16;5-4(6)3-1-2-3/h4-24,27H,25-26H2,2-3H3;4-6,9-13,28H,7-8H2,2-3H3,(H,26,29,31);4-10,25H,2-3H3,(H2,21,23);3H,1-2H2. The van der Waals surface area contributed by atoms with E-state index >= 15 is 8.42 Å². The zero-order valence-electron chi connectivity index (χ0n) is 64.4. The van der Waals surface area contributed by atoms with E-state index in [9.17, 15) is 24.0 Å². The summed E-state index contributed by atoms with van der Waals surface area (Å²) in [6.45, 7) is 24.6. The van der Waals surface area contributed by atoms with Crippen LogP contribution in [-0.4, -0.2) is 117 Å². The maximum atomic E-state index is 15.0. The van der Waals surface area contributed by atoms with Crippen molar-refractivity contribution < 1.29 is 46.6 Å². The van der Waals surface area contributed by atoms with Gasteiger partial charge in [-0.1, -0.05) is 133 Å². The number of hydrogen-bond donors (Lipinski definition) is 4. The minimum absolute atomic E-state index is 0.00134. The molecule has 0 unspecified atom stereocenters. The van der Waals surface area contributed by atoms with Crippen LogP contribution in [0.3, 0.4) is 0 Å². The van der Waals surface area contributed by atoms with Crippen LogP contribution >= 0.6 is 11.6 Å². The van der Waals surface area contributed by atoms with Crippen molar-refractivity contribution in [2.24, 2.45) is 33.0 Å². The van der Waals surface area contributed by atoms with Crippen LogP contribution in [0, 0.1) is 31.6 Å². The number of methoxy groups -OCH3 is 3. The van der Waals surface area contributed by atoms with Gasteiger partial charge in [0.1, 0.15) is 11.3 Å². The predicted octanol–water partition coefficient (Wildman–Crippen LogP) is 16.9.